The van der Waals surface area contributed by atoms with E-state index in [0.717, 1.165) is 11.3 Å². The van der Waals surface area contributed by atoms with Crippen LogP contribution in [0.4, 0.5) is 5.13 Å². The molecule has 0 fully saturated rings. The van der Waals surface area contributed by atoms with Gasteiger partial charge in [-0.2, -0.15) is 0 Å². The minimum Gasteiger partial charge on any atom is -0.478 e. The number of aryl methyl sites for hydroxylation is 2. The van der Waals surface area contributed by atoms with E-state index in [-0.39, 0.29) is 22.2 Å². The van der Waals surface area contributed by atoms with E-state index >= 15 is 0 Å². The van der Waals surface area contributed by atoms with Gasteiger partial charge in [-0.25, -0.2) is 13.2 Å². The van der Waals surface area contributed by atoms with Gasteiger partial charge in [-0.15, -0.1) is 10.2 Å². The van der Waals surface area contributed by atoms with Crippen LogP contribution < -0.4 is 4.72 Å². The van der Waals surface area contributed by atoms with Gasteiger partial charge in [0, 0.05) is 0 Å². The molecule has 2 N–H and O–H groups in total. The fraction of sp³-hybridized carbons (Fsp3) is 0.222. The molecular weight excluding hydrogens is 294 g/mol. The number of carbonyl (C=O) groups is 1. The van der Waals surface area contributed by atoms with Gasteiger partial charge in [0.1, 0.15) is 27.5 Å². The van der Waals surface area contributed by atoms with E-state index in [1.807, 2.05) is 0 Å². The van der Waals surface area contributed by atoms with Crippen molar-refractivity contribution in [2.75, 3.05) is 4.72 Å². The third-order valence-electron chi connectivity index (χ3n) is 2.27. The second kappa shape index (κ2) is 4.63. The van der Waals surface area contributed by atoms with E-state index in [2.05, 4.69) is 14.9 Å². The lowest BCUT2D eigenvalue weighted by Gasteiger charge is -2.04. The third-order valence-corrected chi connectivity index (χ3v) is 4.50. The van der Waals surface area contributed by atoms with Crippen LogP contribution in [-0.4, -0.2) is 29.7 Å². The predicted molar refractivity (Wildman–Crippen MR) is 65.9 cm³/mol. The van der Waals surface area contributed by atoms with Crippen molar-refractivity contribution in [3.8, 4) is 0 Å². The van der Waals surface area contributed by atoms with Gasteiger partial charge in [0.25, 0.3) is 10.0 Å². The summed E-state index contributed by atoms with van der Waals surface area (Å²) >= 11 is 0.981. The SMILES string of the molecule is Cc1oc(C)c(S(=O)(=O)Nc2nncs2)c1C(=O)O. The Labute approximate surface area is 112 Å². The molecule has 0 amide bonds. The third kappa shape index (κ3) is 2.44. The van der Waals surface area contributed by atoms with Crippen LogP contribution in [0.2, 0.25) is 0 Å². The van der Waals surface area contributed by atoms with Crippen molar-refractivity contribution >= 4 is 32.5 Å². The Balaban J connectivity index is 2.55. The van der Waals surface area contributed by atoms with E-state index in [1.54, 1.807) is 0 Å². The Morgan fingerprint density at radius 1 is 1.42 bits per heavy atom. The highest BCUT2D eigenvalue weighted by Crippen LogP contribution is 2.28. The van der Waals surface area contributed by atoms with Crippen molar-refractivity contribution < 1.29 is 22.7 Å². The second-order valence-electron chi connectivity index (χ2n) is 3.57. The highest BCUT2D eigenvalue weighted by molar-refractivity contribution is 7.93. The summed E-state index contributed by atoms with van der Waals surface area (Å²) in [6.45, 7) is 2.77. The van der Waals surface area contributed by atoms with E-state index in [4.69, 9.17) is 9.52 Å². The smallest absolute Gasteiger partial charge is 0.340 e. The quantitative estimate of drug-likeness (QED) is 0.871. The molecule has 0 aliphatic heterocycles. The van der Waals surface area contributed by atoms with Gasteiger partial charge < -0.3 is 9.52 Å². The molecule has 2 rings (SSSR count). The number of aromatic nitrogens is 2. The van der Waals surface area contributed by atoms with Gasteiger partial charge in [0.05, 0.1) is 0 Å². The van der Waals surface area contributed by atoms with Crippen LogP contribution in [0.15, 0.2) is 14.8 Å². The lowest BCUT2D eigenvalue weighted by molar-refractivity contribution is 0.0691. The lowest BCUT2D eigenvalue weighted by Crippen LogP contribution is -2.16. The molecule has 0 bridgehead atoms. The molecule has 0 aromatic carbocycles. The summed E-state index contributed by atoms with van der Waals surface area (Å²) in [7, 11) is -4.09. The van der Waals surface area contributed by atoms with Crippen LogP contribution in [0.5, 0.6) is 0 Å². The summed E-state index contributed by atoms with van der Waals surface area (Å²) in [5, 5.41) is 16.1. The molecule has 0 radical (unpaired) electrons. The minimum atomic E-state index is -4.09. The molecule has 0 aliphatic rings. The largest absolute Gasteiger partial charge is 0.478 e. The number of sulfonamides is 1. The van der Waals surface area contributed by atoms with E-state index in [1.165, 1.54) is 19.4 Å². The number of carboxylic acid groups (broad SMARTS) is 1. The topological polar surface area (TPSA) is 122 Å². The Morgan fingerprint density at radius 3 is 2.63 bits per heavy atom. The Kier molecular flexibility index (Phi) is 3.28. The molecule has 2 aromatic rings. The number of carboxylic acids is 1. The highest BCUT2D eigenvalue weighted by atomic mass is 32.2. The van der Waals surface area contributed by atoms with Crippen molar-refractivity contribution in [2.24, 2.45) is 0 Å². The summed E-state index contributed by atoms with van der Waals surface area (Å²) in [5.41, 5.74) is 0.971. The van der Waals surface area contributed by atoms with Crippen molar-refractivity contribution in [3.63, 3.8) is 0 Å². The zero-order valence-corrected chi connectivity index (χ0v) is 11.5. The maximum absolute atomic E-state index is 12.2. The predicted octanol–water partition coefficient (Wildman–Crippen LogP) is 1.25. The molecule has 102 valence electrons. The van der Waals surface area contributed by atoms with Crippen LogP contribution in [-0.2, 0) is 10.0 Å². The van der Waals surface area contributed by atoms with Gasteiger partial charge in [-0.1, -0.05) is 11.3 Å². The summed E-state index contributed by atoms with van der Waals surface area (Å²) in [4.78, 5) is 10.7. The molecule has 10 heteroatoms. The standard InChI is InChI=1S/C9H9N3O5S2/c1-4-6(8(13)14)7(5(2)17-4)19(15,16)12-9-11-10-3-18-9/h3H,1-2H3,(H,11,12)(H,13,14). The van der Waals surface area contributed by atoms with Crippen LogP contribution in [0, 0.1) is 13.8 Å². The molecule has 0 atom stereocenters. The number of rotatable bonds is 4. The number of nitrogens with one attached hydrogen (secondary N) is 1. The first-order chi connectivity index (χ1) is 8.83. The van der Waals surface area contributed by atoms with Gasteiger partial charge in [0.2, 0.25) is 5.13 Å². The monoisotopic (exact) mass is 303 g/mol. The van der Waals surface area contributed by atoms with E-state index in [9.17, 15) is 13.2 Å². The van der Waals surface area contributed by atoms with Crippen LogP contribution >= 0.6 is 11.3 Å². The summed E-state index contributed by atoms with van der Waals surface area (Å²) < 4.78 is 31.6. The molecule has 2 aromatic heterocycles. The maximum Gasteiger partial charge on any atom is 0.340 e. The fourth-order valence-electron chi connectivity index (χ4n) is 1.62. The van der Waals surface area contributed by atoms with Crippen molar-refractivity contribution in [1.29, 1.82) is 0 Å². The number of aromatic carboxylic acids is 1. The van der Waals surface area contributed by atoms with Crippen LogP contribution in [0.25, 0.3) is 0 Å². The fourth-order valence-corrected chi connectivity index (χ4v) is 3.72. The van der Waals surface area contributed by atoms with Gasteiger partial charge in [-0.05, 0) is 13.8 Å². The van der Waals surface area contributed by atoms with Gasteiger partial charge in [0.15, 0.2) is 0 Å². The summed E-state index contributed by atoms with van der Waals surface area (Å²) in [6.07, 6.45) is 0. The molecule has 0 spiro atoms. The normalized spacial score (nSPS) is 11.5. The Morgan fingerprint density at radius 2 is 2.11 bits per heavy atom. The zero-order chi connectivity index (χ0) is 14.2. The zero-order valence-electron chi connectivity index (χ0n) is 9.87. The number of hydrogen-bond acceptors (Lipinski definition) is 7. The maximum atomic E-state index is 12.2. The molecular formula is C9H9N3O5S2. The minimum absolute atomic E-state index is 0.00640. The summed E-state index contributed by atoms with van der Waals surface area (Å²) in [5.74, 6) is -1.33. The van der Waals surface area contributed by atoms with E-state index < -0.39 is 20.9 Å². The van der Waals surface area contributed by atoms with Crippen LogP contribution in [0.1, 0.15) is 21.9 Å². The first kappa shape index (κ1) is 13.5. The molecule has 0 saturated heterocycles. The van der Waals surface area contributed by atoms with Crippen molar-refractivity contribution in [2.45, 2.75) is 18.7 Å². The molecule has 19 heavy (non-hydrogen) atoms. The number of nitrogens with zero attached hydrogens (tertiary/aromatic N) is 2. The number of furan rings is 1. The van der Waals surface area contributed by atoms with Gasteiger partial charge in [-0.3, -0.25) is 4.72 Å². The lowest BCUT2D eigenvalue weighted by atomic mass is 10.2. The van der Waals surface area contributed by atoms with Crippen LogP contribution in [0.3, 0.4) is 0 Å². The molecule has 0 saturated carbocycles. The van der Waals surface area contributed by atoms with Crippen molar-refractivity contribution in [3.05, 3.63) is 22.6 Å². The number of anilines is 1. The first-order valence-electron chi connectivity index (χ1n) is 4.95. The molecule has 2 heterocycles. The van der Waals surface area contributed by atoms with Crippen molar-refractivity contribution in [1.82, 2.24) is 10.2 Å². The summed E-state index contributed by atoms with van der Waals surface area (Å²) in [6, 6.07) is 0. The second-order valence-corrected chi connectivity index (χ2v) is 6.03. The average Bonchev–Trinajstić information content (AvgIpc) is 2.85. The average molecular weight is 303 g/mol. The van der Waals surface area contributed by atoms with E-state index in [0.29, 0.717) is 0 Å². The first-order valence-corrected chi connectivity index (χ1v) is 7.31. The van der Waals surface area contributed by atoms with Gasteiger partial charge >= 0.3 is 5.97 Å². The molecule has 0 aliphatic carbocycles. The Bertz CT molecular complexity index is 717. The molecule has 8 nitrogen and oxygen atoms in total. The highest BCUT2D eigenvalue weighted by Gasteiger charge is 2.31. The number of hydrogen-bond donors (Lipinski definition) is 2. The molecule has 0 unspecified atom stereocenters. The Hall–Kier alpha value is -1.94.